The quantitative estimate of drug-likeness (QED) is 0.604. The molecule has 9 heteroatoms. The van der Waals surface area contributed by atoms with E-state index in [4.69, 9.17) is 0 Å². The summed E-state index contributed by atoms with van der Waals surface area (Å²) in [4.78, 5) is 17.9. The van der Waals surface area contributed by atoms with Crippen LogP contribution in [0, 0.1) is 0 Å². The molecule has 1 saturated heterocycles. The fourth-order valence-electron chi connectivity index (χ4n) is 3.66. The van der Waals surface area contributed by atoms with Gasteiger partial charge in [0.2, 0.25) is 15.9 Å². The van der Waals surface area contributed by atoms with E-state index in [1.54, 1.807) is 27.8 Å². The highest BCUT2D eigenvalue weighted by atomic mass is 32.2. The summed E-state index contributed by atoms with van der Waals surface area (Å²) >= 11 is 1.56. The van der Waals surface area contributed by atoms with Gasteiger partial charge in [-0.25, -0.2) is 13.4 Å². The molecule has 30 heavy (non-hydrogen) atoms. The van der Waals surface area contributed by atoms with Gasteiger partial charge in [-0.1, -0.05) is 25.0 Å². The molecule has 0 atom stereocenters. The van der Waals surface area contributed by atoms with Gasteiger partial charge in [0, 0.05) is 37.3 Å². The summed E-state index contributed by atoms with van der Waals surface area (Å²) in [5.74, 6) is -0.0485. The molecule has 1 N–H and O–H groups in total. The van der Waals surface area contributed by atoms with Crippen LogP contribution in [-0.2, 0) is 27.8 Å². The second-order valence-electron chi connectivity index (χ2n) is 7.56. The van der Waals surface area contributed by atoms with Gasteiger partial charge in [-0.05, 0) is 37.0 Å². The average Bonchev–Trinajstić information content (AvgIpc) is 3.22. The highest BCUT2D eigenvalue weighted by Gasteiger charge is 2.24. The molecule has 1 aliphatic heterocycles. The minimum Gasteiger partial charge on any atom is -0.350 e. The molecule has 0 unspecified atom stereocenters. The van der Waals surface area contributed by atoms with E-state index in [-0.39, 0.29) is 5.91 Å². The van der Waals surface area contributed by atoms with Gasteiger partial charge in [0.25, 0.3) is 0 Å². The Labute approximate surface area is 180 Å². The first-order valence-electron chi connectivity index (χ1n) is 10.3. The largest absolute Gasteiger partial charge is 0.350 e. The lowest BCUT2D eigenvalue weighted by Gasteiger charge is -2.20. The smallest absolute Gasteiger partial charge is 0.243 e. The number of imidazole rings is 1. The predicted molar refractivity (Wildman–Crippen MR) is 117 cm³/mol. The van der Waals surface area contributed by atoms with E-state index in [0.29, 0.717) is 37.4 Å². The number of sulfonamides is 1. The van der Waals surface area contributed by atoms with E-state index in [1.165, 1.54) is 0 Å². The molecule has 0 saturated carbocycles. The number of amides is 1. The molecule has 4 rings (SSSR count). The third-order valence-electron chi connectivity index (χ3n) is 5.38. The Balaban J connectivity index is 1.28. The first-order valence-corrected chi connectivity index (χ1v) is 12.6. The van der Waals surface area contributed by atoms with Crippen molar-refractivity contribution in [2.24, 2.45) is 0 Å². The Morgan fingerprint density at radius 1 is 1.10 bits per heavy atom. The van der Waals surface area contributed by atoms with Crippen LogP contribution in [0.3, 0.4) is 0 Å². The van der Waals surface area contributed by atoms with Gasteiger partial charge in [-0.3, -0.25) is 9.20 Å². The summed E-state index contributed by atoms with van der Waals surface area (Å²) in [6.45, 7) is 1.60. The maximum absolute atomic E-state index is 12.8. The number of carbonyl (C=O) groups excluding carboxylic acids is 1. The zero-order chi connectivity index (χ0) is 21.0. The summed E-state index contributed by atoms with van der Waals surface area (Å²) in [5.41, 5.74) is 1.78. The fraction of sp³-hybridized carbons (Fsp3) is 0.429. The Morgan fingerprint density at radius 3 is 2.53 bits per heavy atom. The zero-order valence-electron chi connectivity index (χ0n) is 16.8. The first-order chi connectivity index (χ1) is 14.5. The van der Waals surface area contributed by atoms with Gasteiger partial charge < -0.3 is 5.32 Å². The standard InChI is InChI=1S/C21H26N4O3S2/c26-20(22-15-18-16-24-13-14-29-21(24)23-18)10-7-17-5-8-19(9-6-17)30(27,28)25-11-3-1-2-4-12-25/h5-6,8-9,13-14,16H,1-4,7,10-12,15H2,(H,22,26). The Hall–Kier alpha value is -2.23. The zero-order valence-corrected chi connectivity index (χ0v) is 18.4. The second kappa shape index (κ2) is 9.28. The molecule has 1 fully saturated rings. The number of hydrogen-bond donors (Lipinski definition) is 1. The minimum atomic E-state index is -3.43. The van der Waals surface area contributed by atoms with E-state index in [1.807, 2.05) is 34.3 Å². The molecule has 7 nitrogen and oxygen atoms in total. The Bertz CT molecular complexity index is 1070. The lowest BCUT2D eigenvalue weighted by Crippen LogP contribution is -2.31. The molecule has 1 amide bonds. The van der Waals surface area contributed by atoms with Crippen molar-refractivity contribution in [2.75, 3.05) is 13.1 Å². The number of fused-ring (bicyclic) bond motifs is 1. The lowest BCUT2D eigenvalue weighted by atomic mass is 10.1. The number of carbonyl (C=O) groups is 1. The van der Waals surface area contributed by atoms with Crippen LogP contribution < -0.4 is 5.32 Å². The van der Waals surface area contributed by atoms with Crippen LogP contribution in [0.5, 0.6) is 0 Å². The van der Waals surface area contributed by atoms with Crippen LogP contribution in [0.4, 0.5) is 0 Å². The van der Waals surface area contributed by atoms with Crippen molar-refractivity contribution in [1.29, 1.82) is 0 Å². The molecule has 0 bridgehead atoms. The molecule has 1 aromatic carbocycles. The molecule has 3 heterocycles. The summed E-state index contributed by atoms with van der Waals surface area (Å²) in [6.07, 6.45) is 8.78. The number of aryl methyl sites for hydroxylation is 1. The van der Waals surface area contributed by atoms with E-state index < -0.39 is 10.0 Å². The SMILES string of the molecule is O=C(CCc1ccc(S(=O)(=O)N2CCCCCC2)cc1)NCc1cn2ccsc2n1. The van der Waals surface area contributed by atoms with Crippen molar-refractivity contribution in [3.05, 3.63) is 53.3 Å². The molecule has 0 radical (unpaired) electrons. The normalized spacial score (nSPS) is 15.9. The molecule has 3 aromatic rings. The van der Waals surface area contributed by atoms with Crippen molar-refractivity contribution in [3.8, 4) is 0 Å². The van der Waals surface area contributed by atoms with Crippen LogP contribution in [-0.4, -0.2) is 41.1 Å². The van der Waals surface area contributed by atoms with Crippen molar-refractivity contribution in [1.82, 2.24) is 19.0 Å². The van der Waals surface area contributed by atoms with Crippen molar-refractivity contribution in [2.45, 2.75) is 50.0 Å². The Kier molecular flexibility index (Phi) is 6.50. The molecule has 160 valence electrons. The molecule has 0 spiro atoms. The van der Waals surface area contributed by atoms with Crippen molar-refractivity contribution >= 4 is 32.2 Å². The van der Waals surface area contributed by atoms with E-state index in [0.717, 1.165) is 41.9 Å². The third-order valence-corrected chi connectivity index (χ3v) is 8.06. The third kappa shape index (κ3) is 4.91. The number of nitrogens with one attached hydrogen (secondary N) is 1. The number of nitrogens with zero attached hydrogens (tertiary/aromatic N) is 3. The van der Waals surface area contributed by atoms with Gasteiger partial charge in [-0.15, -0.1) is 11.3 Å². The summed E-state index contributed by atoms with van der Waals surface area (Å²) in [6, 6.07) is 6.93. The number of aromatic nitrogens is 2. The van der Waals surface area contributed by atoms with Crippen LogP contribution in [0.2, 0.25) is 0 Å². The summed E-state index contributed by atoms with van der Waals surface area (Å²) < 4.78 is 29.2. The number of rotatable bonds is 7. The highest BCUT2D eigenvalue weighted by Crippen LogP contribution is 2.21. The van der Waals surface area contributed by atoms with Gasteiger partial charge in [0.1, 0.15) is 0 Å². The lowest BCUT2D eigenvalue weighted by molar-refractivity contribution is -0.121. The number of thiazole rings is 1. The summed E-state index contributed by atoms with van der Waals surface area (Å²) in [7, 11) is -3.43. The maximum Gasteiger partial charge on any atom is 0.243 e. The molecular formula is C21H26N4O3S2. The van der Waals surface area contributed by atoms with Gasteiger partial charge in [-0.2, -0.15) is 4.31 Å². The van der Waals surface area contributed by atoms with E-state index in [2.05, 4.69) is 10.3 Å². The monoisotopic (exact) mass is 446 g/mol. The summed E-state index contributed by atoms with van der Waals surface area (Å²) in [5, 5.41) is 4.86. The molecule has 2 aromatic heterocycles. The van der Waals surface area contributed by atoms with Crippen LogP contribution >= 0.6 is 11.3 Å². The maximum atomic E-state index is 12.8. The molecule has 1 aliphatic rings. The van der Waals surface area contributed by atoms with Crippen molar-refractivity contribution < 1.29 is 13.2 Å². The number of benzene rings is 1. The topological polar surface area (TPSA) is 83.8 Å². The van der Waals surface area contributed by atoms with E-state index >= 15 is 0 Å². The molecule has 0 aliphatic carbocycles. The molecular weight excluding hydrogens is 420 g/mol. The first kappa shape index (κ1) is 21.0. The number of hydrogen-bond acceptors (Lipinski definition) is 5. The second-order valence-corrected chi connectivity index (χ2v) is 10.4. The van der Waals surface area contributed by atoms with Crippen LogP contribution in [0.25, 0.3) is 4.96 Å². The van der Waals surface area contributed by atoms with Gasteiger partial charge in [0.05, 0.1) is 17.1 Å². The fourth-order valence-corrected chi connectivity index (χ4v) is 5.89. The van der Waals surface area contributed by atoms with Crippen molar-refractivity contribution in [3.63, 3.8) is 0 Å². The van der Waals surface area contributed by atoms with Crippen LogP contribution in [0.1, 0.15) is 43.4 Å². The Morgan fingerprint density at radius 2 is 1.83 bits per heavy atom. The minimum absolute atomic E-state index is 0.0485. The van der Waals surface area contributed by atoms with Gasteiger partial charge in [0.15, 0.2) is 4.96 Å². The van der Waals surface area contributed by atoms with E-state index in [9.17, 15) is 13.2 Å². The predicted octanol–water partition coefficient (Wildman–Crippen LogP) is 3.21. The highest BCUT2D eigenvalue weighted by molar-refractivity contribution is 7.89. The van der Waals surface area contributed by atoms with Gasteiger partial charge >= 0.3 is 0 Å². The van der Waals surface area contributed by atoms with Crippen LogP contribution in [0.15, 0.2) is 46.9 Å². The average molecular weight is 447 g/mol.